The predicted octanol–water partition coefficient (Wildman–Crippen LogP) is 4.07. The maximum Gasteiger partial charge on any atom is 0.191 e. The lowest BCUT2D eigenvalue weighted by Gasteiger charge is -2.19. The molecule has 0 atom stereocenters. The third-order valence-corrected chi connectivity index (χ3v) is 6.18. The molecule has 0 aromatic heterocycles. The van der Waals surface area contributed by atoms with Crippen LogP contribution in [0, 0.1) is 11.2 Å². The van der Waals surface area contributed by atoms with E-state index in [0.717, 1.165) is 13.0 Å². The number of aliphatic imine (C=N–C) groups is 1. The zero-order valence-corrected chi connectivity index (χ0v) is 21.2. The molecular weight excluding hydrogens is 528 g/mol. The van der Waals surface area contributed by atoms with Gasteiger partial charge in [-0.25, -0.2) is 17.8 Å². The molecule has 0 amide bonds. The van der Waals surface area contributed by atoms with Gasteiger partial charge in [-0.3, -0.25) is 0 Å². The normalized spacial score (nSPS) is 15.1. The number of guanidine groups is 1. The summed E-state index contributed by atoms with van der Waals surface area (Å²) in [4.78, 5) is 4.59. The van der Waals surface area contributed by atoms with Crippen LogP contribution in [0.3, 0.4) is 0 Å². The average Bonchev–Trinajstić information content (AvgIpc) is 3.45. The van der Waals surface area contributed by atoms with Crippen molar-refractivity contribution >= 4 is 39.8 Å². The molecule has 8 heteroatoms. The van der Waals surface area contributed by atoms with Crippen LogP contribution >= 0.6 is 24.0 Å². The highest BCUT2D eigenvalue weighted by molar-refractivity contribution is 14.0. The first-order valence-electron chi connectivity index (χ1n) is 10.3. The lowest BCUT2D eigenvalue weighted by atomic mass is 9.96. The van der Waals surface area contributed by atoms with Crippen molar-refractivity contribution in [3.63, 3.8) is 0 Å². The van der Waals surface area contributed by atoms with Crippen LogP contribution in [-0.4, -0.2) is 33.7 Å². The second-order valence-electron chi connectivity index (χ2n) is 8.19. The number of nitrogens with zero attached hydrogens (tertiary/aromatic N) is 1. The number of sulfone groups is 1. The van der Waals surface area contributed by atoms with Crippen molar-refractivity contribution in [2.75, 3.05) is 19.3 Å². The van der Waals surface area contributed by atoms with Crippen LogP contribution in [-0.2, 0) is 28.6 Å². The summed E-state index contributed by atoms with van der Waals surface area (Å²) < 4.78 is 37.1. The minimum Gasteiger partial charge on any atom is -0.357 e. The Balaban J connectivity index is 0.00000341. The summed E-state index contributed by atoms with van der Waals surface area (Å²) in [7, 11) is -3.21. The number of nitrogens with one attached hydrogen (secondary N) is 2. The topological polar surface area (TPSA) is 70.6 Å². The zero-order valence-electron chi connectivity index (χ0n) is 18.0. The van der Waals surface area contributed by atoms with Gasteiger partial charge in [0, 0.05) is 19.3 Å². The first-order valence-corrected chi connectivity index (χ1v) is 12.4. The summed E-state index contributed by atoms with van der Waals surface area (Å²) in [6.07, 6.45) is 4.56. The molecule has 170 valence electrons. The maximum absolute atomic E-state index is 13.7. The van der Waals surface area contributed by atoms with Crippen LogP contribution in [0.15, 0.2) is 53.5 Å². The molecule has 3 rings (SSSR count). The van der Waals surface area contributed by atoms with E-state index in [1.165, 1.54) is 42.9 Å². The lowest BCUT2D eigenvalue weighted by molar-refractivity contribution is 0.492. The molecule has 0 unspecified atom stereocenters. The fourth-order valence-corrected chi connectivity index (χ4v) is 4.41. The number of halogens is 2. The summed E-state index contributed by atoms with van der Waals surface area (Å²) in [6, 6.07) is 14.7. The van der Waals surface area contributed by atoms with Gasteiger partial charge in [0.15, 0.2) is 15.8 Å². The summed E-state index contributed by atoms with van der Waals surface area (Å²) in [5.41, 5.74) is 2.76. The molecular formula is C23H31FIN3O2S. The fourth-order valence-electron chi connectivity index (χ4n) is 3.56. The Morgan fingerprint density at radius 2 is 1.81 bits per heavy atom. The molecule has 0 aliphatic heterocycles. The SMILES string of the molecule is CCNC(=NCc1cc(F)ccc1CS(C)(=O)=O)NCC1(Cc2ccccc2)CC1.I. The Morgan fingerprint density at radius 3 is 2.42 bits per heavy atom. The first-order chi connectivity index (χ1) is 14.3. The standard InChI is InChI=1S/C23H30FN3O2S.HI/c1-3-25-22(27-17-23(11-12-23)14-18-7-5-4-6-8-18)26-15-20-13-21(24)10-9-19(20)16-30(2,28)29;/h4-10,13H,3,11-12,14-17H2,1-2H3,(H2,25,26,27);1H. The Morgan fingerprint density at radius 1 is 1.10 bits per heavy atom. The van der Waals surface area contributed by atoms with E-state index in [4.69, 9.17) is 0 Å². The summed E-state index contributed by atoms with van der Waals surface area (Å²) in [5, 5.41) is 6.65. The van der Waals surface area contributed by atoms with Crippen LogP contribution in [0.25, 0.3) is 0 Å². The van der Waals surface area contributed by atoms with Gasteiger partial charge in [-0.05, 0) is 60.4 Å². The van der Waals surface area contributed by atoms with Gasteiger partial charge in [-0.15, -0.1) is 24.0 Å². The molecule has 2 aromatic rings. The van der Waals surface area contributed by atoms with Crippen LogP contribution in [0.5, 0.6) is 0 Å². The van der Waals surface area contributed by atoms with E-state index in [0.29, 0.717) is 23.6 Å². The fraction of sp³-hybridized carbons (Fsp3) is 0.435. The van der Waals surface area contributed by atoms with Crippen molar-refractivity contribution in [1.82, 2.24) is 10.6 Å². The molecule has 2 N–H and O–H groups in total. The van der Waals surface area contributed by atoms with Gasteiger partial charge in [-0.1, -0.05) is 36.4 Å². The van der Waals surface area contributed by atoms with E-state index < -0.39 is 15.7 Å². The van der Waals surface area contributed by atoms with Gasteiger partial charge < -0.3 is 10.6 Å². The number of benzene rings is 2. The molecule has 2 aromatic carbocycles. The van der Waals surface area contributed by atoms with E-state index in [1.807, 2.05) is 13.0 Å². The van der Waals surface area contributed by atoms with Crippen molar-refractivity contribution < 1.29 is 12.8 Å². The summed E-state index contributed by atoms with van der Waals surface area (Å²) >= 11 is 0. The third kappa shape index (κ3) is 8.40. The van der Waals surface area contributed by atoms with E-state index >= 15 is 0 Å². The van der Waals surface area contributed by atoms with Crippen molar-refractivity contribution in [2.24, 2.45) is 10.4 Å². The third-order valence-electron chi connectivity index (χ3n) is 5.35. The Bertz CT molecular complexity index is 993. The monoisotopic (exact) mass is 559 g/mol. The molecule has 0 spiro atoms. The van der Waals surface area contributed by atoms with Gasteiger partial charge in [-0.2, -0.15) is 0 Å². The molecule has 1 fully saturated rings. The largest absolute Gasteiger partial charge is 0.357 e. The molecule has 0 radical (unpaired) electrons. The Hall–Kier alpha value is -1.68. The van der Waals surface area contributed by atoms with Crippen molar-refractivity contribution in [1.29, 1.82) is 0 Å². The molecule has 1 saturated carbocycles. The van der Waals surface area contributed by atoms with E-state index in [9.17, 15) is 12.8 Å². The van der Waals surface area contributed by atoms with Gasteiger partial charge >= 0.3 is 0 Å². The first kappa shape index (κ1) is 25.6. The van der Waals surface area contributed by atoms with Gasteiger partial charge in [0.25, 0.3) is 0 Å². The molecule has 0 heterocycles. The molecule has 0 saturated heterocycles. The van der Waals surface area contributed by atoms with Crippen LogP contribution in [0.2, 0.25) is 0 Å². The highest BCUT2D eigenvalue weighted by atomic mass is 127. The Kier molecular flexibility index (Phi) is 9.29. The molecule has 31 heavy (non-hydrogen) atoms. The minimum absolute atomic E-state index is 0. The minimum atomic E-state index is -3.21. The van der Waals surface area contributed by atoms with Crippen molar-refractivity contribution in [2.45, 2.75) is 38.5 Å². The van der Waals surface area contributed by atoms with Crippen molar-refractivity contribution in [3.8, 4) is 0 Å². The summed E-state index contributed by atoms with van der Waals surface area (Å²) in [5.74, 6) is 0.143. The van der Waals surface area contributed by atoms with Crippen LogP contribution in [0.1, 0.15) is 36.5 Å². The highest BCUT2D eigenvalue weighted by Gasteiger charge is 2.42. The number of hydrogen-bond donors (Lipinski definition) is 2. The Labute approximate surface area is 201 Å². The van der Waals surface area contributed by atoms with Gasteiger partial charge in [0.2, 0.25) is 0 Å². The van der Waals surface area contributed by atoms with E-state index in [1.54, 1.807) is 0 Å². The van der Waals surface area contributed by atoms with Crippen LogP contribution < -0.4 is 10.6 Å². The quantitative estimate of drug-likeness (QED) is 0.276. The summed E-state index contributed by atoms with van der Waals surface area (Å²) in [6.45, 7) is 3.72. The van der Waals surface area contributed by atoms with Crippen LogP contribution in [0.4, 0.5) is 4.39 Å². The number of hydrogen-bond acceptors (Lipinski definition) is 3. The average molecular weight is 559 g/mol. The molecule has 5 nitrogen and oxygen atoms in total. The second-order valence-corrected chi connectivity index (χ2v) is 10.3. The smallest absolute Gasteiger partial charge is 0.191 e. The molecule has 1 aliphatic carbocycles. The number of rotatable bonds is 9. The van der Waals surface area contributed by atoms with E-state index in [-0.39, 0.29) is 41.7 Å². The molecule has 0 bridgehead atoms. The molecule has 1 aliphatic rings. The van der Waals surface area contributed by atoms with Crippen molar-refractivity contribution in [3.05, 3.63) is 71.0 Å². The van der Waals surface area contributed by atoms with Gasteiger partial charge in [0.1, 0.15) is 5.82 Å². The zero-order chi connectivity index (χ0) is 21.6. The lowest BCUT2D eigenvalue weighted by Crippen LogP contribution is -2.40. The second kappa shape index (κ2) is 11.3. The maximum atomic E-state index is 13.7. The highest BCUT2D eigenvalue weighted by Crippen LogP contribution is 2.47. The predicted molar refractivity (Wildman–Crippen MR) is 135 cm³/mol. The van der Waals surface area contributed by atoms with Gasteiger partial charge in [0.05, 0.1) is 12.3 Å². The van der Waals surface area contributed by atoms with E-state index in [2.05, 4.69) is 39.9 Å².